The Bertz CT molecular complexity index is 1190. The summed E-state index contributed by atoms with van der Waals surface area (Å²) >= 11 is 0. The van der Waals surface area contributed by atoms with Crippen LogP contribution in [0.2, 0.25) is 0 Å². The zero-order chi connectivity index (χ0) is 25.2. The lowest BCUT2D eigenvalue weighted by atomic mass is 9.92. The minimum Gasteiger partial charge on any atom is -0.497 e. The fourth-order valence-corrected chi connectivity index (χ4v) is 4.18. The zero-order valence-electron chi connectivity index (χ0n) is 19.0. The fraction of sp³-hybridized carbons (Fsp3) is 0.231. The van der Waals surface area contributed by atoms with Gasteiger partial charge in [-0.25, -0.2) is 0 Å². The Morgan fingerprint density at radius 3 is 1.94 bits per heavy atom. The standard InChI is InChI=1S/C26H23F3N2O4/c1-34-20-11-3-16(4-12-20)24-22(15-23(32)31(24)19-9-13-21(35-2)14-10-19)25(33)30-18-7-5-17(6-8-18)26(27,28)29/h3-14,22,24H,15H2,1-2H3,(H,30,33). The number of carbonyl (C=O) groups is 2. The van der Waals surface area contributed by atoms with Gasteiger partial charge in [-0.3, -0.25) is 9.59 Å². The summed E-state index contributed by atoms with van der Waals surface area (Å²) in [7, 11) is 3.08. The molecule has 3 aromatic carbocycles. The number of nitrogens with zero attached hydrogens (tertiary/aromatic N) is 1. The van der Waals surface area contributed by atoms with Crippen LogP contribution in [0, 0.1) is 5.92 Å². The van der Waals surface area contributed by atoms with Crippen LogP contribution in [-0.4, -0.2) is 26.0 Å². The van der Waals surface area contributed by atoms with E-state index in [-0.39, 0.29) is 18.0 Å². The van der Waals surface area contributed by atoms with Gasteiger partial charge in [0.25, 0.3) is 0 Å². The fourth-order valence-electron chi connectivity index (χ4n) is 4.18. The van der Waals surface area contributed by atoms with Crippen molar-refractivity contribution in [2.24, 2.45) is 5.92 Å². The van der Waals surface area contributed by atoms with Crippen molar-refractivity contribution in [3.63, 3.8) is 0 Å². The van der Waals surface area contributed by atoms with Gasteiger partial charge in [-0.15, -0.1) is 0 Å². The minimum absolute atomic E-state index is 0.0603. The van der Waals surface area contributed by atoms with Crippen LogP contribution in [0.15, 0.2) is 72.8 Å². The van der Waals surface area contributed by atoms with Crippen molar-refractivity contribution < 1.29 is 32.2 Å². The molecule has 1 fully saturated rings. The largest absolute Gasteiger partial charge is 0.497 e. The van der Waals surface area contributed by atoms with Crippen LogP contribution in [0.4, 0.5) is 24.5 Å². The van der Waals surface area contributed by atoms with E-state index >= 15 is 0 Å². The molecule has 0 radical (unpaired) electrons. The van der Waals surface area contributed by atoms with Gasteiger partial charge in [0.1, 0.15) is 11.5 Å². The monoisotopic (exact) mass is 484 g/mol. The number of anilines is 2. The molecule has 1 aliphatic rings. The lowest BCUT2D eigenvalue weighted by Crippen LogP contribution is -2.32. The van der Waals surface area contributed by atoms with Crippen molar-refractivity contribution in [1.82, 2.24) is 0 Å². The predicted octanol–water partition coefficient (Wildman–Crippen LogP) is 5.46. The molecule has 0 aromatic heterocycles. The van der Waals surface area contributed by atoms with Crippen LogP contribution in [0.25, 0.3) is 0 Å². The first-order valence-electron chi connectivity index (χ1n) is 10.8. The average Bonchev–Trinajstić information content (AvgIpc) is 3.21. The Balaban J connectivity index is 1.65. The lowest BCUT2D eigenvalue weighted by Gasteiger charge is -2.28. The second-order valence-corrected chi connectivity index (χ2v) is 8.05. The van der Waals surface area contributed by atoms with Gasteiger partial charge < -0.3 is 19.7 Å². The van der Waals surface area contributed by atoms with E-state index in [4.69, 9.17) is 9.47 Å². The van der Waals surface area contributed by atoms with Crippen LogP contribution >= 0.6 is 0 Å². The predicted molar refractivity (Wildman–Crippen MR) is 124 cm³/mol. The molecule has 0 aliphatic carbocycles. The van der Waals surface area contributed by atoms with E-state index < -0.39 is 29.6 Å². The van der Waals surface area contributed by atoms with Crippen LogP contribution in [0.3, 0.4) is 0 Å². The quantitative estimate of drug-likeness (QED) is 0.505. The van der Waals surface area contributed by atoms with E-state index in [1.54, 1.807) is 53.4 Å². The first kappa shape index (κ1) is 24.1. The molecule has 1 saturated heterocycles. The molecule has 6 nitrogen and oxygen atoms in total. The summed E-state index contributed by atoms with van der Waals surface area (Å²) in [6.45, 7) is 0. The normalized spacial score (nSPS) is 17.9. The molecule has 2 unspecified atom stereocenters. The average molecular weight is 484 g/mol. The van der Waals surface area contributed by atoms with Crippen molar-refractivity contribution in [3.8, 4) is 11.5 Å². The van der Waals surface area contributed by atoms with E-state index in [1.807, 2.05) is 0 Å². The Labute approximate surface area is 200 Å². The molecule has 1 N–H and O–H groups in total. The van der Waals surface area contributed by atoms with Crippen molar-refractivity contribution in [1.29, 1.82) is 0 Å². The van der Waals surface area contributed by atoms with E-state index in [1.165, 1.54) is 26.4 Å². The van der Waals surface area contributed by atoms with Crippen molar-refractivity contribution in [2.45, 2.75) is 18.6 Å². The third-order valence-corrected chi connectivity index (χ3v) is 5.95. The topological polar surface area (TPSA) is 67.9 Å². The minimum atomic E-state index is -4.47. The van der Waals surface area contributed by atoms with Crippen molar-refractivity contribution in [2.75, 3.05) is 24.4 Å². The zero-order valence-corrected chi connectivity index (χ0v) is 19.0. The molecule has 0 bridgehead atoms. The number of halogens is 3. The summed E-state index contributed by atoms with van der Waals surface area (Å²) in [5.41, 5.74) is 0.724. The van der Waals surface area contributed by atoms with Gasteiger partial charge >= 0.3 is 6.18 Å². The van der Waals surface area contributed by atoms with Crippen molar-refractivity contribution in [3.05, 3.63) is 83.9 Å². The van der Waals surface area contributed by atoms with Crippen LogP contribution in [0.5, 0.6) is 11.5 Å². The number of methoxy groups -OCH3 is 2. The van der Waals surface area contributed by atoms with Crippen LogP contribution in [0.1, 0.15) is 23.6 Å². The summed E-state index contributed by atoms with van der Waals surface area (Å²) in [5, 5.41) is 2.67. The number of hydrogen-bond donors (Lipinski definition) is 1. The van der Waals surface area contributed by atoms with Gasteiger partial charge in [-0.1, -0.05) is 12.1 Å². The molecule has 3 aromatic rings. The molecule has 0 spiro atoms. The second kappa shape index (κ2) is 9.69. The maximum absolute atomic E-state index is 13.3. The Hall–Kier alpha value is -4.01. The Morgan fingerprint density at radius 1 is 0.886 bits per heavy atom. The number of hydrogen-bond acceptors (Lipinski definition) is 4. The Kier molecular flexibility index (Phi) is 6.68. The van der Waals surface area contributed by atoms with Gasteiger partial charge in [0.15, 0.2) is 0 Å². The van der Waals surface area contributed by atoms with Gasteiger partial charge in [0.05, 0.1) is 31.7 Å². The second-order valence-electron chi connectivity index (χ2n) is 8.05. The number of ether oxygens (including phenoxy) is 2. The number of nitrogens with one attached hydrogen (secondary N) is 1. The van der Waals surface area contributed by atoms with E-state index in [0.29, 0.717) is 17.2 Å². The smallest absolute Gasteiger partial charge is 0.416 e. The maximum Gasteiger partial charge on any atom is 0.416 e. The van der Waals surface area contributed by atoms with Gasteiger partial charge in [-0.05, 0) is 66.2 Å². The molecular weight excluding hydrogens is 461 g/mol. The third-order valence-electron chi connectivity index (χ3n) is 5.95. The number of amides is 2. The molecule has 9 heteroatoms. The molecule has 2 atom stereocenters. The van der Waals surface area contributed by atoms with E-state index in [0.717, 1.165) is 17.7 Å². The van der Waals surface area contributed by atoms with E-state index in [9.17, 15) is 22.8 Å². The summed E-state index contributed by atoms with van der Waals surface area (Å²) in [6.07, 6.45) is -4.53. The molecule has 2 amide bonds. The first-order chi connectivity index (χ1) is 16.7. The van der Waals surface area contributed by atoms with E-state index in [2.05, 4.69) is 5.32 Å². The van der Waals surface area contributed by atoms with Gasteiger partial charge in [-0.2, -0.15) is 13.2 Å². The summed E-state index contributed by atoms with van der Waals surface area (Å²) in [4.78, 5) is 28.0. The molecular formula is C26H23F3N2O4. The molecule has 4 rings (SSSR count). The summed E-state index contributed by atoms with van der Waals surface area (Å²) in [6, 6.07) is 17.6. The molecule has 35 heavy (non-hydrogen) atoms. The van der Waals surface area contributed by atoms with Gasteiger partial charge in [0, 0.05) is 17.8 Å². The number of benzene rings is 3. The van der Waals surface area contributed by atoms with Crippen molar-refractivity contribution >= 4 is 23.2 Å². The van der Waals surface area contributed by atoms with Gasteiger partial charge in [0.2, 0.25) is 11.8 Å². The highest BCUT2D eigenvalue weighted by Gasteiger charge is 2.45. The molecule has 1 aliphatic heterocycles. The summed E-state index contributed by atoms with van der Waals surface area (Å²) < 4.78 is 49.0. The van der Waals surface area contributed by atoms with Crippen LogP contribution in [-0.2, 0) is 15.8 Å². The summed E-state index contributed by atoms with van der Waals surface area (Å²) in [5.74, 6) is -0.239. The number of carbonyl (C=O) groups excluding carboxylic acids is 2. The highest BCUT2D eigenvalue weighted by Crippen LogP contribution is 2.42. The highest BCUT2D eigenvalue weighted by molar-refractivity contribution is 6.04. The molecule has 182 valence electrons. The number of alkyl halides is 3. The molecule has 1 heterocycles. The molecule has 0 saturated carbocycles. The Morgan fingerprint density at radius 2 is 1.43 bits per heavy atom. The number of rotatable bonds is 6. The lowest BCUT2D eigenvalue weighted by molar-refractivity contribution is -0.137. The highest BCUT2D eigenvalue weighted by atomic mass is 19.4. The third kappa shape index (κ3) is 5.08. The SMILES string of the molecule is COc1ccc(C2C(C(=O)Nc3ccc(C(F)(F)F)cc3)CC(=O)N2c2ccc(OC)cc2)cc1. The maximum atomic E-state index is 13.3. The first-order valence-corrected chi connectivity index (χ1v) is 10.8. The van der Waals surface area contributed by atoms with Crippen LogP contribution < -0.4 is 19.7 Å².